The average molecular weight is 475 g/mol. The Labute approximate surface area is 184 Å². The first kappa shape index (κ1) is 24.2. The van der Waals surface area contributed by atoms with Crippen molar-refractivity contribution in [1.29, 1.82) is 0 Å². The van der Waals surface area contributed by atoms with E-state index in [1.165, 1.54) is 33.3 Å². The molecule has 1 amide bonds. The summed E-state index contributed by atoms with van der Waals surface area (Å²) in [6, 6.07) is 5.53. The summed E-state index contributed by atoms with van der Waals surface area (Å²) in [7, 11) is -3.63. The number of ether oxygens (including phenoxy) is 1. The molecule has 0 atom stereocenters. The molecular weight excluding hydrogens is 449 g/mol. The van der Waals surface area contributed by atoms with E-state index in [-0.39, 0.29) is 35.7 Å². The molecule has 1 aliphatic rings. The summed E-state index contributed by atoms with van der Waals surface area (Å²) < 4.78 is 72.4. The van der Waals surface area contributed by atoms with Gasteiger partial charge in [0, 0.05) is 42.9 Å². The first-order valence-electron chi connectivity index (χ1n) is 10.2. The van der Waals surface area contributed by atoms with E-state index >= 15 is 0 Å². The molecule has 2 heterocycles. The Morgan fingerprint density at radius 2 is 1.88 bits per heavy atom. The van der Waals surface area contributed by atoms with Gasteiger partial charge in [-0.2, -0.15) is 22.6 Å². The van der Waals surface area contributed by atoms with Gasteiger partial charge in [-0.3, -0.25) is 9.48 Å². The third-order valence-electron chi connectivity index (χ3n) is 5.23. The van der Waals surface area contributed by atoms with Gasteiger partial charge in [0.15, 0.2) is 5.69 Å². The second kappa shape index (κ2) is 9.59. The number of amides is 1. The van der Waals surface area contributed by atoms with Crippen molar-refractivity contribution in [3.8, 4) is 0 Å². The van der Waals surface area contributed by atoms with Gasteiger partial charge < -0.3 is 10.1 Å². The molecule has 1 aromatic carbocycles. The number of carbonyl (C=O) groups is 1. The lowest BCUT2D eigenvalue weighted by atomic mass is 10.1. The van der Waals surface area contributed by atoms with E-state index in [1.807, 2.05) is 0 Å². The van der Waals surface area contributed by atoms with Crippen molar-refractivity contribution in [3.05, 3.63) is 46.8 Å². The quantitative estimate of drug-likeness (QED) is 0.634. The zero-order chi connectivity index (χ0) is 23.5. The molecule has 0 saturated carbocycles. The van der Waals surface area contributed by atoms with Crippen LogP contribution in [-0.4, -0.2) is 54.7 Å². The minimum absolute atomic E-state index is 0.0417. The van der Waals surface area contributed by atoms with E-state index in [0.717, 1.165) is 0 Å². The number of nitrogens with zero attached hydrogens (tertiary/aromatic N) is 3. The number of fused-ring (bicyclic) bond motifs is 1. The Balaban J connectivity index is 1.65. The molecule has 176 valence electrons. The van der Waals surface area contributed by atoms with Gasteiger partial charge >= 0.3 is 6.18 Å². The zero-order valence-electron chi connectivity index (χ0n) is 17.8. The molecule has 3 rings (SSSR count). The first-order chi connectivity index (χ1) is 15.1. The summed E-state index contributed by atoms with van der Waals surface area (Å²) in [4.78, 5) is 12.5. The van der Waals surface area contributed by atoms with Crippen LogP contribution in [0, 0.1) is 0 Å². The van der Waals surface area contributed by atoms with Gasteiger partial charge in [-0.25, -0.2) is 8.42 Å². The first-order valence-corrected chi connectivity index (χ1v) is 11.7. The van der Waals surface area contributed by atoms with E-state index in [4.69, 9.17) is 4.74 Å². The van der Waals surface area contributed by atoms with Crippen LogP contribution in [-0.2, 0) is 40.5 Å². The number of hydrogen-bond donors (Lipinski definition) is 1. The highest BCUT2D eigenvalue weighted by Gasteiger charge is 2.39. The summed E-state index contributed by atoms with van der Waals surface area (Å²) in [6.45, 7) is 4.45. The largest absolute Gasteiger partial charge is 0.435 e. The summed E-state index contributed by atoms with van der Waals surface area (Å²) in [5.74, 6) is -0.461. The fourth-order valence-electron chi connectivity index (χ4n) is 3.59. The number of hydrogen-bond acceptors (Lipinski definition) is 5. The predicted octanol–water partition coefficient (Wildman–Crippen LogP) is 2.44. The van der Waals surface area contributed by atoms with Gasteiger partial charge in [0.25, 0.3) is 5.91 Å². The maximum absolute atomic E-state index is 13.2. The molecule has 12 heteroatoms. The van der Waals surface area contributed by atoms with Gasteiger partial charge in [-0.1, -0.05) is 13.8 Å². The van der Waals surface area contributed by atoms with Crippen LogP contribution in [0.4, 0.5) is 13.2 Å². The highest BCUT2D eigenvalue weighted by Crippen LogP contribution is 2.34. The molecule has 2 aromatic rings. The molecule has 1 aromatic heterocycles. The molecule has 0 spiro atoms. The number of nitrogens with one attached hydrogen (secondary N) is 1. The van der Waals surface area contributed by atoms with Crippen molar-refractivity contribution in [1.82, 2.24) is 19.4 Å². The van der Waals surface area contributed by atoms with Crippen LogP contribution >= 0.6 is 0 Å². The van der Waals surface area contributed by atoms with E-state index in [9.17, 15) is 26.4 Å². The third kappa shape index (κ3) is 4.97. The number of sulfonamides is 1. The van der Waals surface area contributed by atoms with Crippen molar-refractivity contribution in [2.45, 2.75) is 44.5 Å². The van der Waals surface area contributed by atoms with Crippen molar-refractivity contribution in [3.63, 3.8) is 0 Å². The lowest BCUT2D eigenvalue weighted by Gasteiger charge is -2.18. The monoisotopic (exact) mass is 474 g/mol. The van der Waals surface area contributed by atoms with Crippen molar-refractivity contribution < 1.29 is 31.1 Å². The van der Waals surface area contributed by atoms with Crippen molar-refractivity contribution >= 4 is 15.9 Å². The standard InChI is InChI=1S/C20H25F3N4O4S/c1-3-26(4-2)32(29,30)15-7-5-14(6-8-15)19(28)24-10-11-27-17-9-12-31-13-16(17)18(25-27)20(21,22)23/h5-8H,3-4,9-13H2,1-2H3,(H,24,28). The summed E-state index contributed by atoms with van der Waals surface area (Å²) >= 11 is 0. The van der Waals surface area contributed by atoms with Crippen LogP contribution in [0.3, 0.4) is 0 Å². The second-order valence-electron chi connectivity index (χ2n) is 7.17. The second-order valence-corrected chi connectivity index (χ2v) is 9.10. The predicted molar refractivity (Wildman–Crippen MR) is 109 cm³/mol. The maximum Gasteiger partial charge on any atom is 0.435 e. The van der Waals surface area contributed by atoms with Crippen molar-refractivity contribution in [2.75, 3.05) is 26.2 Å². The van der Waals surface area contributed by atoms with Crippen molar-refractivity contribution in [2.24, 2.45) is 0 Å². The molecule has 1 aliphatic heterocycles. The molecule has 0 saturated heterocycles. The summed E-state index contributed by atoms with van der Waals surface area (Å²) in [5, 5.41) is 6.33. The van der Waals surface area contributed by atoms with Gasteiger partial charge in [-0.15, -0.1) is 0 Å². The number of alkyl halides is 3. The number of carbonyl (C=O) groups excluding carboxylic acids is 1. The van der Waals surface area contributed by atoms with Gasteiger partial charge in [0.1, 0.15) is 0 Å². The van der Waals surface area contributed by atoms with Crippen LogP contribution < -0.4 is 5.32 Å². The Bertz CT molecular complexity index is 1060. The van der Waals surface area contributed by atoms with Crippen LogP contribution in [0.25, 0.3) is 0 Å². The Kier molecular flexibility index (Phi) is 7.25. The normalized spacial score (nSPS) is 14.4. The molecule has 0 aliphatic carbocycles. The van der Waals surface area contributed by atoms with E-state index < -0.39 is 27.8 Å². The van der Waals surface area contributed by atoms with Gasteiger partial charge in [-0.05, 0) is 24.3 Å². The number of aromatic nitrogens is 2. The molecule has 1 N–H and O–H groups in total. The van der Waals surface area contributed by atoms with Crippen LogP contribution in [0.5, 0.6) is 0 Å². The maximum atomic E-state index is 13.2. The number of benzene rings is 1. The summed E-state index contributed by atoms with van der Waals surface area (Å²) in [6.07, 6.45) is -4.26. The SMILES string of the molecule is CCN(CC)S(=O)(=O)c1ccc(C(=O)NCCn2nc(C(F)(F)F)c3c2CCOC3)cc1. The fraction of sp³-hybridized carbons (Fsp3) is 0.500. The number of halogens is 3. The molecule has 8 nitrogen and oxygen atoms in total. The van der Waals surface area contributed by atoms with E-state index in [0.29, 0.717) is 31.8 Å². The summed E-state index contributed by atoms with van der Waals surface area (Å²) in [5.41, 5.74) is -0.206. The van der Waals surface area contributed by atoms with Gasteiger partial charge in [0.2, 0.25) is 10.0 Å². The minimum atomic E-state index is -4.58. The van der Waals surface area contributed by atoms with Crippen LogP contribution in [0.1, 0.15) is 41.2 Å². The molecular formula is C20H25F3N4O4S. The molecule has 0 bridgehead atoms. The molecule has 0 radical (unpaired) electrons. The average Bonchev–Trinajstić information content (AvgIpc) is 3.14. The van der Waals surface area contributed by atoms with Crippen LogP contribution in [0.15, 0.2) is 29.2 Å². The smallest absolute Gasteiger partial charge is 0.376 e. The van der Waals surface area contributed by atoms with E-state index in [2.05, 4.69) is 10.4 Å². The lowest BCUT2D eigenvalue weighted by Crippen LogP contribution is -2.31. The van der Waals surface area contributed by atoms with Crippen LogP contribution in [0.2, 0.25) is 0 Å². The Morgan fingerprint density at radius 3 is 2.47 bits per heavy atom. The lowest BCUT2D eigenvalue weighted by molar-refractivity contribution is -0.142. The fourth-order valence-corrected chi connectivity index (χ4v) is 5.05. The van der Waals surface area contributed by atoms with Gasteiger partial charge in [0.05, 0.1) is 24.7 Å². The third-order valence-corrected chi connectivity index (χ3v) is 7.30. The molecule has 0 fully saturated rings. The minimum Gasteiger partial charge on any atom is -0.376 e. The molecule has 0 unspecified atom stereocenters. The Morgan fingerprint density at radius 1 is 1.22 bits per heavy atom. The zero-order valence-corrected chi connectivity index (χ0v) is 18.6. The highest BCUT2D eigenvalue weighted by atomic mass is 32.2. The highest BCUT2D eigenvalue weighted by molar-refractivity contribution is 7.89. The van der Waals surface area contributed by atoms with E-state index in [1.54, 1.807) is 13.8 Å². The molecule has 32 heavy (non-hydrogen) atoms. The number of rotatable bonds is 8. The topological polar surface area (TPSA) is 93.5 Å². The Hall–Kier alpha value is -2.44.